The third-order valence-corrected chi connectivity index (χ3v) is 3.10. The Morgan fingerprint density at radius 3 is 2.57 bits per heavy atom. The number of nitrogens with one attached hydrogen (secondary N) is 1. The van der Waals surface area contributed by atoms with Crippen LogP contribution in [-0.2, 0) is 14.4 Å². The van der Waals surface area contributed by atoms with E-state index in [-0.39, 0.29) is 25.1 Å². The van der Waals surface area contributed by atoms with Crippen molar-refractivity contribution in [3.63, 3.8) is 0 Å². The van der Waals surface area contributed by atoms with Crippen LogP contribution in [0.2, 0.25) is 0 Å². The van der Waals surface area contributed by atoms with Gasteiger partial charge in [0, 0.05) is 19.2 Å². The summed E-state index contributed by atoms with van der Waals surface area (Å²) >= 11 is 0. The van der Waals surface area contributed by atoms with Crippen molar-refractivity contribution in [2.45, 2.75) is 31.3 Å². The van der Waals surface area contributed by atoms with Crippen molar-refractivity contribution in [2.24, 2.45) is 4.99 Å². The van der Waals surface area contributed by atoms with Crippen LogP contribution in [0.15, 0.2) is 28.4 Å². The maximum absolute atomic E-state index is 11.0. The van der Waals surface area contributed by atoms with Crippen LogP contribution in [0.5, 0.6) is 0 Å². The molecule has 0 aromatic rings. The molecule has 0 aromatic heterocycles. The fraction of sp³-hybridized carbons (Fsp3) is 0.429. The molecule has 9 heteroatoms. The first-order valence-corrected chi connectivity index (χ1v) is 6.85. The van der Waals surface area contributed by atoms with Gasteiger partial charge in [0.2, 0.25) is 0 Å². The van der Waals surface area contributed by atoms with E-state index in [0.29, 0.717) is 12.0 Å². The molecule has 1 rings (SSSR count). The van der Waals surface area contributed by atoms with Crippen LogP contribution in [0.1, 0.15) is 19.3 Å². The minimum atomic E-state index is -1.29. The Bertz CT molecular complexity index is 565. The molecule has 2 atom stereocenters. The summed E-state index contributed by atoms with van der Waals surface area (Å²) in [7, 11) is 0. The number of carbonyl (C=O) groups is 3. The van der Waals surface area contributed by atoms with E-state index in [1.165, 1.54) is 18.4 Å². The predicted octanol–water partition coefficient (Wildman–Crippen LogP) is -0.376. The molecule has 0 aliphatic carbocycles. The lowest BCUT2D eigenvalue weighted by Crippen LogP contribution is -2.41. The van der Waals surface area contributed by atoms with Crippen molar-refractivity contribution in [3.8, 4) is 0 Å². The highest BCUT2D eigenvalue weighted by Gasteiger charge is 2.26. The summed E-state index contributed by atoms with van der Waals surface area (Å²) in [6.07, 6.45) is 4.38. The van der Waals surface area contributed by atoms with Crippen LogP contribution in [-0.4, -0.2) is 63.2 Å². The molecular weight excluding hydrogens is 308 g/mol. The molecule has 2 unspecified atom stereocenters. The first kappa shape index (κ1) is 18.4. The number of allylic oxidation sites excluding steroid dienone is 2. The second-order valence-electron chi connectivity index (χ2n) is 4.86. The van der Waals surface area contributed by atoms with Crippen LogP contribution in [0.4, 0.5) is 0 Å². The third kappa shape index (κ3) is 5.91. The first-order chi connectivity index (χ1) is 10.8. The van der Waals surface area contributed by atoms with Gasteiger partial charge in [-0.05, 0) is 30.6 Å². The zero-order valence-electron chi connectivity index (χ0n) is 12.2. The molecule has 126 valence electrons. The molecule has 1 aliphatic rings. The number of aliphatic carboxylic acids is 3. The van der Waals surface area contributed by atoms with Crippen molar-refractivity contribution < 1.29 is 34.8 Å². The molecule has 0 fully saturated rings. The summed E-state index contributed by atoms with van der Waals surface area (Å²) in [5.41, 5.74) is 0.155. The highest BCUT2D eigenvalue weighted by molar-refractivity contribution is 5.89. The highest BCUT2D eigenvalue weighted by Crippen LogP contribution is 2.16. The van der Waals surface area contributed by atoms with E-state index >= 15 is 0 Å². The molecule has 23 heavy (non-hydrogen) atoms. The van der Waals surface area contributed by atoms with E-state index in [9.17, 15) is 14.4 Å². The van der Waals surface area contributed by atoms with Gasteiger partial charge < -0.3 is 25.7 Å². The standard InChI is InChI=1S/C14H18N2O7/c17-5-1-2-9(12(18)19)15-4-3-8-6-10(13(20)21)16-11(7-8)14(22)23/h3-4,6,9,11,16-17H,1-2,5,7H2,(H,18,19)(H,20,21)(H,22,23)/b8-3-,15-4?. The van der Waals surface area contributed by atoms with E-state index < -0.39 is 30.0 Å². The summed E-state index contributed by atoms with van der Waals surface area (Å²) in [6, 6.07) is -2.09. The lowest BCUT2D eigenvalue weighted by molar-refractivity contribution is -0.140. The second-order valence-corrected chi connectivity index (χ2v) is 4.86. The second kappa shape index (κ2) is 8.69. The zero-order valence-corrected chi connectivity index (χ0v) is 12.2. The van der Waals surface area contributed by atoms with Gasteiger partial charge in [-0.3, -0.25) is 4.99 Å². The number of hydrogen-bond donors (Lipinski definition) is 5. The Balaban J connectivity index is 2.89. The average Bonchev–Trinajstić information content (AvgIpc) is 2.49. The van der Waals surface area contributed by atoms with Crippen molar-refractivity contribution >= 4 is 24.1 Å². The van der Waals surface area contributed by atoms with Crippen LogP contribution >= 0.6 is 0 Å². The van der Waals surface area contributed by atoms with E-state index in [0.717, 1.165) is 0 Å². The van der Waals surface area contributed by atoms with E-state index in [1.807, 2.05) is 0 Å². The first-order valence-electron chi connectivity index (χ1n) is 6.85. The van der Waals surface area contributed by atoms with Crippen LogP contribution in [0.25, 0.3) is 0 Å². The fourth-order valence-electron chi connectivity index (χ4n) is 1.94. The van der Waals surface area contributed by atoms with E-state index in [2.05, 4.69) is 10.3 Å². The number of hydrogen-bond acceptors (Lipinski definition) is 6. The summed E-state index contributed by atoms with van der Waals surface area (Å²) < 4.78 is 0. The van der Waals surface area contributed by atoms with Gasteiger partial charge in [-0.1, -0.05) is 0 Å². The third-order valence-electron chi connectivity index (χ3n) is 3.10. The Labute approximate surface area is 131 Å². The van der Waals surface area contributed by atoms with Crippen molar-refractivity contribution in [1.82, 2.24) is 5.32 Å². The monoisotopic (exact) mass is 326 g/mol. The molecule has 0 saturated heterocycles. The molecule has 5 N–H and O–H groups in total. The molecule has 0 radical (unpaired) electrons. The van der Waals surface area contributed by atoms with Gasteiger partial charge in [0.1, 0.15) is 17.8 Å². The van der Waals surface area contributed by atoms with Crippen LogP contribution in [0.3, 0.4) is 0 Å². The molecule has 0 spiro atoms. The number of carboxylic acids is 3. The number of carboxylic acid groups (broad SMARTS) is 3. The lowest BCUT2D eigenvalue weighted by atomic mass is 10.00. The summed E-state index contributed by atoms with van der Waals surface area (Å²) in [5.74, 6) is -3.61. The van der Waals surface area contributed by atoms with Crippen molar-refractivity contribution in [1.29, 1.82) is 0 Å². The SMILES string of the molecule is O=C(O)C1=C/C(=C/C=NC(CCCO)C(=O)O)CC(C(=O)O)N1. The largest absolute Gasteiger partial charge is 0.480 e. The molecule has 0 saturated carbocycles. The van der Waals surface area contributed by atoms with Gasteiger partial charge in [0.25, 0.3) is 0 Å². The minimum absolute atomic E-state index is 0.0481. The van der Waals surface area contributed by atoms with Gasteiger partial charge in [-0.15, -0.1) is 0 Å². The molecule has 0 amide bonds. The summed E-state index contributed by atoms with van der Waals surface area (Å²) in [6.45, 7) is -0.142. The molecule has 1 heterocycles. The summed E-state index contributed by atoms with van der Waals surface area (Å²) in [5, 5.41) is 38.0. The van der Waals surface area contributed by atoms with Crippen LogP contribution in [0, 0.1) is 0 Å². The number of aliphatic imine (C=N–C) groups is 1. The lowest BCUT2D eigenvalue weighted by Gasteiger charge is -2.21. The molecule has 9 nitrogen and oxygen atoms in total. The van der Waals surface area contributed by atoms with Crippen molar-refractivity contribution in [3.05, 3.63) is 23.4 Å². The number of aliphatic hydroxyl groups is 1. The number of nitrogens with zero attached hydrogens (tertiary/aromatic N) is 1. The predicted molar refractivity (Wildman–Crippen MR) is 79.2 cm³/mol. The number of rotatable bonds is 8. The normalized spacial score (nSPS) is 20.8. The molecular formula is C14H18N2O7. The summed E-state index contributed by atoms with van der Waals surface area (Å²) in [4.78, 5) is 36.8. The van der Waals surface area contributed by atoms with Gasteiger partial charge in [0.15, 0.2) is 0 Å². The fourth-order valence-corrected chi connectivity index (χ4v) is 1.94. The Hall–Kier alpha value is -2.68. The highest BCUT2D eigenvalue weighted by atomic mass is 16.4. The minimum Gasteiger partial charge on any atom is -0.480 e. The van der Waals surface area contributed by atoms with E-state index in [1.54, 1.807) is 0 Å². The number of aliphatic hydroxyl groups excluding tert-OH is 1. The average molecular weight is 326 g/mol. The Kier molecular flexibility index (Phi) is 6.94. The smallest absolute Gasteiger partial charge is 0.351 e. The van der Waals surface area contributed by atoms with E-state index in [4.69, 9.17) is 20.4 Å². The van der Waals surface area contributed by atoms with Gasteiger partial charge in [-0.25, -0.2) is 14.4 Å². The Morgan fingerprint density at radius 1 is 1.35 bits per heavy atom. The maximum Gasteiger partial charge on any atom is 0.351 e. The maximum atomic E-state index is 11.0. The topological polar surface area (TPSA) is 157 Å². The van der Waals surface area contributed by atoms with Crippen LogP contribution < -0.4 is 5.32 Å². The Morgan fingerprint density at radius 2 is 2.04 bits per heavy atom. The quantitative estimate of drug-likeness (QED) is 0.378. The molecule has 1 aliphatic heterocycles. The van der Waals surface area contributed by atoms with Gasteiger partial charge in [0.05, 0.1) is 0 Å². The van der Waals surface area contributed by atoms with Gasteiger partial charge >= 0.3 is 17.9 Å². The molecule has 0 bridgehead atoms. The zero-order chi connectivity index (χ0) is 17.4. The van der Waals surface area contributed by atoms with Gasteiger partial charge in [-0.2, -0.15) is 0 Å². The van der Waals surface area contributed by atoms with Crippen molar-refractivity contribution in [2.75, 3.05) is 6.61 Å². The molecule has 0 aromatic carbocycles.